The van der Waals surface area contributed by atoms with Gasteiger partial charge in [0.1, 0.15) is 5.65 Å². The van der Waals surface area contributed by atoms with Gasteiger partial charge in [-0.1, -0.05) is 0 Å². The van der Waals surface area contributed by atoms with Crippen LogP contribution in [0.15, 0.2) is 29.2 Å². The molecule has 2 heterocycles. The van der Waals surface area contributed by atoms with Gasteiger partial charge in [-0.25, -0.2) is 4.98 Å². The van der Waals surface area contributed by atoms with E-state index in [9.17, 15) is 9.59 Å². The number of aromatic nitrogens is 2. The van der Waals surface area contributed by atoms with Crippen molar-refractivity contribution in [3.8, 4) is 0 Å². The second kappa shape index (κ2) is 5.19. The Hall–Kier alpha value is -2.21. The molecule has 0 aliphatic carbocycles. The summed E-state index contributed by atoms with van der Waals surface area (Å²) in [7, 11) is 1.67. The fourth-order valence-electron chi connectivity index (χ4n) is 1.90. The zero-order valence-corrected chi connectivity index (χ0v) is 10.8. The average Bonchev–Trinajstić information content (AvgIpc) is 2.26. The van der Waals surface area contributed by atoms with Crippen molar-refractivity contribution in [3.05, 3.63) is 46.0 Å². The highest BCUT2D eigenvalue weighted by Crippen LogP contribution is 2.04. The van der Waals surface area contributed by atoms with E-state index in [0.717, 1.165) is 5.56 Å². The maximum atomic E-state index is 11.9. The minimum atomic E-state index is -0.907. The normalized spacial score (nSPS) is 11.1. The highest BCUT2D eigenvalue weighted by Gasteiger charge is 2.08. The highest BCUT2D eigenvalue weighted by molar-refractivity contribution is 5.69. The van der Waals surface area contributed by atoms with Crippen LogP contribution in [0.1, 0.15) is 11.3 Å². The number of carbonyl (C=O) groups is 1. The molecular weight excluding hydrogens is 246 g/mol. The number of aryl methyl sites for hydroxylation is 1. The van der Waals surface area contributed by atoms with Crippen LogP contribution in [0.3, 0.4) is 0 Å². The smallest absolute Gasteiger partial charge is 0.317 e. The van der Waals surface area contributed by atoms with E-state index >= 15 is 0 Å². The summed E-state index contributed by atoms with van der Waals surface area (Å²) in [6.07, 6.45) is 1.69. The van der Waals surface area contributed by atoms with Crippen molar-refractivity contribution in [1.82, 2.24) is 14.3 Å². The van der Waals surface area contributed by atoms with Gasteiger partial charge in [0.15, 0.2) is 0 Å². The monoisotopic (exact) mass is 261 g/mol. The van der Waals surface area contributed by atoms with Crippen molar-refractivity contribution >= 4 is 11.6 Å². The number of pyridine rings is 1. The third kappa shape index (κ3) is 3.17. The molecule has 0 saturated carbocycles. The van der Waals surface area contributed by atoms with Crippen molar-refractivity contribution in [3.63, 3.8) is 0 Å². The van der Waals surface area contributed by atoms with Gasteiger partial charge in [0, 0.05) is 18.8 Å². The van der Waals surface area contributed by atoms with Crippen molar-refractivity contribution in [2.24, 2.45) is 0 Å². The average molecular weight is 261 g/mol. The molecule has 0 atom stereocenters. The lowest BCUT2D eigenvalue weighted by molar-refractivity contribution is -0.138. The molecule has 1 N–H and O–H groups in total. The van der Waals surface area contributed by atoms with E-state index in [0.29, 0.717) is 17.9 Å². The maximum Gasteiger partial charge on any atom is 0.317 e. The molecule has 19 heavy (non-hydrogen) atoms. The molecule has 0 spiro atoms. The van der Waals surface area contributed by atoms with Crippen molar-refractivity contribution < 1.29 is 9.90 Å². The molecule has 0 aliphatic rings. The third-order valence-corrected chi connectivity index (χ3v) is 2.71. The molecule has 2 rings (SSSR count). The summed E-state index contributed by atoms with van der Waals surface area (Å²) in [5.41, 5.74) is 2.00. The molecule has 6 heteroatoms. The summed E-state index contributed by atoms with van der Waals surface area (Å²) >= 11 is 0. The number of carboxylic acids is 1. The minimum absolute atomic E-state index is 0.0884. The van der Waals surface area contributed by atoms with Gasteiger partial charge in [0.25, 0.3) is 5.56 Å². The zero-order valence-electron chi connectivity index (χ0n) is 10.8. The van der Waals surface area contributed by atoms with E-state index in [-0.39, 0.29) is 12.1 Å². The number of carboxylic acid groups (broad SMARTS) is 1. The van der Waals surface area contributed by atoms with Crippen LogP contribution in [0, 0.1) is 6.92 Å². The SMILES string of the molecule is Cc1ccn2c(=O)cc(CN(C)CC(=O)O)nc2c1. The molecule has 0 amide bonds. The van der Waals surface area contributed by atoms with Gasteiger partial charge in [-0.3, -0.25) is 18.9 Å². The lowest BCUT2D eigenvalue weighted by Gasteiger charge is -2.13. The molecule has 0 radical (unpaired) electrons. The fraction of sp³-hybridized carbons (Fsp3) is 0.308. The molecule has 6 nitrogen and oxygen atoms in total. The summed E-state index contributed by atoms with van der Waals surface area (Å²) in [6.45, 7) is 2.16. The second-order valence-corrected chi connectivity index (χ2v) is 4.58. The number of fused-ring (bicyclic) bond motifs is 1. The molecular formula is C13H15N3O3. The van der Waals surface area contributed by atoms with E-state index < -0.39 is 5.97 Å². The van der Waals surface area contributed by atoms with Crippen molar-refractivity contribution in [1.29, 1.82) is 0 Å². The van der Waals surface area contributed by atoms with Gasteiger partial charge in [-0.15, -0.1) is 0 Å². The molecule has 0 aromatic carbocycles. The number of rotatable bonds is 4. The lowest BCUT2D eigenvalue weighted by Crippen LogP contribution is -2.27. The molecule has 0 bridgehead atoms. The predicted molar refractivity (Wildman–Crippen MR) is 70.2 cm³/mol. The standard InChI is InChI=1S/C13H15N3O3/c1-9-3-4-16-11(5-9)14-10(6-12(16)17)7-15(2)8-13(18)19/h3-6H,7-8H2,1-2H3,(H,18,19). The number of hydrogen-bond acceptors (Lipinski definition) is 4. The molecule has 100 valence electrons. The first-order valence-electron chi connectivity index (χ1n) is 5.85. The third-order valence-electron chi connectivity index (χ3n) is 2.71. The van der Waals surface area contributed by atoms with E-state index in [4.69, 9.17) is 5.11 Å². The molecule has 2 aromatic rings. The van der Waals surface area contributed by atoms with E-state index in [1.165, 1.54) is 10.5 Å². The molecule has 2 aromatic heterocycles. The van der Waals surface area contributed by atoms with Crippen LogP contribution in [0.4, 0.5) is 0 Å². The van der Waals surface area contributed by atoms with Crippen LogP contribution in [0.25, 0.3) is 5.65 Å². The maximum absolute atomic E-state index is 11.9. The predicted octanol–water partition coefficient (Wildman–Crippen LogP) is 0.519. The van der Waals surface area contributed by atoms with Gasteiger partial charge in [0.05, 0.1) is 12.2 Å². The Bertz CT molecular complexity index is 678. The quantitative estimate of drug-likeness (QED) is 0.868. The van der Waals surface area contributed by atoms with Crippen LogP contribution < -0.4 is 5.56 Å². The first-order chi connectivity index (χ1) is 8.95. The molecule has 0 unspecified atom stereocenters. The van der Waals surface area contributed by atoms with Crippen molar-refractivity contribution in [2.45, 2.75) is 13.5 Å². The number of aliphatic carboxylic acids is 1. The van der Waals surface area contributed by atoms with E-state index in [2.05, 4.69) is 4.98 Å². The van der Waals surface area contributed by atoms with Gasteiger partial charge < -0.3 is 5.11 Å². The Balaban J connectivity index is 2.35. The van der Waals surface area contributed by atoms with Gasteiger partial charge in [0.2, 0.25) is 0 Å². The van der Waals surface area contributed by atoms with Crippen LogP contribution >= 0.6 is 0 Å². The Morgan fingerprint density at radius 1 is 1.47 bits per heavy atom. The highest BCUT2D eigenvalue weighted by atomic mass is 16.4. The summed E-state index contributed by atoms with van der Waals surface area (Å²) < 4.78 is 1.47. The molecule has 0 aliphatic heterocycles. The fourth-order valence-corrected chi connectivity index (χ4v) is 1.90. The summed E-state index contributed by atoms with van der Waals surface area (Å²) in [5.74, 6) is -0.907. The van der Waals surface area contributed by atoms with Gasteiger partial charge in [-0.2, -0.15) is 0 Å². The van der Waals surface area contributed by atoms with Crippen LogP contribution in [0.2, 0.25) is 0 Å². The molecule has 0 fully saturated rings. The van der Waals surface area contributed by atoms with Crippen LogP contribution in [0.5, 0.6) is 0 Å². The van der Waals surface area contributed by atoms with Gasteiger partial charge >= 0.3 is 5.97 Å². The number of nitrogens with zero attached hydrogens (tertiary/aromatic N) is 3. The van der Waals surface area contributed by atoms with Crippen LogP contribution in [-0.4, -0.2) is 39.0 Å². The van der Waals surface area contributed by atoms with E-state index in [1.807, 2.05) is 19.1 Å². The number of likely N-dealkylation sites (N-methyl/N-ethyl adjacent to an activating group) is 1. The topological polar surface area (TPSA) is 74.9 Å². The Morgan fingerprint density at radius 3 is 2.89 bits per heavy atom. The summed E-state index contributed by atoms with van der Waals surface area (Å²) in [4.78, 5) is 28.5. The number of hydrogen-bond donors (Lipinski definition) is 1. The molecule has 0 saturated heterocycles. The van der Waals surface area contributed by atoms with E-state index in [1.54, 1.807) is 18.1 Å². The Labute approximate surface area is 109 Å². The van der Waals surface area contributed by atoms with Crippen molar-refractivity contribution in [2.75, 3.05) is 13.6 Å². The largest absolute Gasteiger partial charge is 0.480 e. The first-order valence-corrected chi connectivity index (χ1v) is 5.85. The Morgan fingerprint density at radius 2 is 2.21 bits per heavy atom. The van der Waals surface area contributed by atoms with Crippen LogP contribution in [-0.2, 0) is 11.3 Å². The Kier molecular flexibility index (Phi) is 3.62. The minimum Gasteiger partial charge on any atom is -0.480 e. The lowest BCUT2D eigenvalue weighted by atomic mass is 10.3. The van der Waals surface area contributed by atoms with Gasteiger partial charge in [-0.05, 0) is 31.7 Å². The first kappa shape index (κ1) is 13.2. The second-order valence-electron chi connectivity index (χ2n) is 4.58. The summed E-state index contributed by atoms with van der Waals surface area (Å²) in [6, 6.07) is 5.09. The zero-order chi connectivity index (χ0) is 14.0. The summed E-state index contributed by atoms with van der Waals surface area (Å²) in [5, 5.41) is 8.70.